The van der Waals surface area contributed by atoms with Gasteiger partial charge in [-0.15, -0.1) is 0 Å². The van der Waals surface area contributed by atoms with Crippen molar-refractivity contribution in [3.8, 4) is 5.75 Å². The largest absolute Gasteiger partial charge is 0.491 e. The van der Waals surface area contributed by atoms with Crippen LogP contribution in [-0.4, -0.2) is 50.3 Å². The second-order valence-corrected chi connectivity index (χ2v) is 8.51. The van der Waals surface area contributed by atoms with Crippen molar-refractivity contribution in [2.45, 2.75) is 77.5 Å². The van der Waals surface area contributed by atoms with E-state index in [-0.39, 0.29) is 18.6 Å². The third-order valence-electron chi connectivity index (χ3n) is 5.81. The van der Waals surface area contributed by atoms with Gasteiger partial charge in [0.25, 0.3) is 0 Å². The normalized spacial score (nSPS) is 19.8. The Hall–Kier alpha value is -2.28. The molecule has 1 aliphatic carbocycles. The fraction of sp³-hybridized carbons (Fsp3) is 0.667. The van der Waals surface area contributed by atoms with Crippen LogP contribution in [0.2, 0.25) is 0 Å². The van der Waals surface area contributed by atoms with Crippen LogP contribution in [0.1, 0.15) is 63.0 Å². The molecular weight excluding hydrogens is 392 g/mol. The zero-order valence-electron chi connectivity index (χ0n) is 19.0. The molecule has 1 saturated carbocycles. The predicted octanol–water partition coefficient (Wildman–Crippen LogP) is 3.06. The molecule has 3 N–H and O–H groups in total. The van der Waals surface area contributed by atoms with Gasteiger partial charge >= 0.3 is 0 Å². The topological polar surface area (TPSA) is 84.0 Å². The maximum atomic E-state index is 12.3. The number of aliphatic imine (C=N–C) groups is 1. The predicted molar refractivity (Wildman–Crippen MR) is 123 cm³/mol. The van der Waals surface area contributed by atoms with E-state index in [1.807, 2.05) is 6.92 Å². The highest BCUT2D eigenvalue weighted by molar-refractivity contribution is 5.86. The molecule has 1 aliphatic heterocycles. The van der Waals surface area contributed by atoms with Crippen molar-refractivity contribution < 1.29 is 14.3 Å². The Bertz CT molecular complexity index is 726. The lowest BCUT2D eigenvalue weighted by molar-refractivity contribution is -0.120. The van der Waals surface area contributed by atoms with Crippen molar-refractivity contribution in [3.63, 3.8) is 0 Å². The van der Waals surface area contributed by atoms with Gasteiger partial charge in [-0.2, -0.15) is 0 Å². The number of rotatable bonds is 9. The monoisotopic (exact) mass is 430 g/mol. The summed E-state index contributed by atoms with van der Waals surface area (Å²) < 4.78 is 11.8. The van der Waals surface area contributed by atoms with Gasteiger partial charge in [0.1, 0.15) is 12.4 Å². The molecular formula is C24H38N4O3. The van der Waals surface area contributed by atoms with E-state index in [0.717, 1.165) is 55.7 Å². The fourth-order valence-corrected chi connectivity index (χ4v) is 4.08. The van der Waals surface area contributed by atoms with Crippen molar-refractivity contribution >= 4 is 11.9 Å². The number of nitrogens with zero attached hydrogens (tertiary/aromatic N) is 1. The number of nitrogens with one attached hydrogen (secondary N) is 3. The van der Waals surface area contributed by atoms with E-state index < -0.39 is 0 Å². The van der Waals surface area contributed by atoms with Gasteiger partial charge in [0.15, 0.2) is 5.96 Å². The van der Waals surface area contributed by atoms with E-state index in [1.165, 1.54) is 19.3 Å². The van der Waals surface area contributed by atoms with Crippen molar-refractivity contribution in [2.24, 2.45) is 4.99 Å². The van der Waals surface area contributed by atoms with Crippen molar-refractivity contribution in [1.29, 1.82) is 0 Å². The van der Waals surface area contributed by atoms with Crippen LogP contribution < -0.4 is 20.7 Å². The number of hydrogen-bond acceptors (Lipinski definition) is 4. The minimum Gasteiger partial charge on any atom is -0.491 e. The number of guanidine groups is 1. The van der Waals surface area contributed by atoms with E-state index in [4.69, 9.17) is 9.47 Å². The van der Waals surface area contributed by atoms with Gasteiger partial charge in [-0.05, 0) is 51.2 Å². The lowest BCUT2D eigenvalue weighted by atomic mass is 9.95. The summed E-state index contributed by atoms with van der Waals surface area (Å²) in [4.78, 5) is 17.0. The highest BCUT2D eigenvalue weighted by Gasteiger charge is 2.17. The molecule has 7 heteroatoms. The number of hydrogen-bond donors (Lipinski definition) is 3. The summed E-state index contributed by atoms with van der Waals surface area (Å²) in [5.41, 5.74) is 2.17. The van der Waals surface area contributed by atoms with Gasteiger partial charge < -0.3 is 25.4 Å². The van der Waals surface area contributed by atoms with Crippen LogP contribution in [0.4, 0.5) is 0 Å². The number of carbonyl (C=O) groups is 1. The van der Waals surface area contributed by atoms with Crippen LogP contribution in [0.3, 0.4) is 0 Å². The third-order valence-corrected chi connectivity index (χ3v) is 5.81. The van der Waals surface area contributed by atoms with Crippen LogP contribution >= 0.6 is 0 Å². The third kappa shape index (κ3) is 8.05. The fourth-order valence-electron chi connectivity index (χ4n) is 4.08. The van der Waals surface area contributed by atoms with Crippen LogP contribution in [0.15, 0.2) is 23.2 Å². The molecule has 0 spiro atoms. The number of amides is 1. The Morgan fingerprint density at radius 1 is 1.16 bits per heavy atom. The molecule has 1 saturated heterocycles. The Morgan fingerprint density at radius 3 is 2.74 bits per heavy atom. The van der Waals surface area contributed by atoms with E-state index in [2.05, 4.69) is 46.1 Å². The summed E-state index contributed by atoms with van der Waals surface area (Å²) in [5, 5.41) is 9.50. The van der Waals surface area contributed by atoms with Gasteiger partial charge in [0.2, 0.25) is 5.91 Å². The smallest absolute Gasteiger partial charge is 0.239 e. The highest BCUT2D eigenvalue weighted by atomic mass is 16.5. The summed E-state index contributed by atoms with van der Waals surface area (Å²) >= 11 is 0. The minimum absolute atomic E-state index is 0.0217. The molecule has 0 bridgehead atoms. The molecule has 31 heavy (non-hydrogen) atoms. The lowest BCUT2D eigenvalue weighted by Crippen LogP contribution is -2.46. The van der Waals surface area contributed by atoms with E-state index >= 15 is 0 Å². The van der Waals surface area contributed by atoms with Crippen LogP contribution in [0, 0.1) is 6.92 Å². The van der Waals surface area contributed by atoms with Gasteiger partial charge in [0.05, 0.1) is 19.2 Å². The molecule has 1 aromatic carbocycles. The van der Waals surface area contributed by atoms with Crippen molar-refractivity contribution in [1.82, 2.24) is 16.0 Å². The zero-order valence-corrected chi connectivity index (χ0v) is 19.0. The molecule has 3 rings (SSSR count). The van der Waals surface area contributed by atoms with E-state index in [9.17, 15) is 4.79 Å². The Kier molecular flexibility index (Phi) is 9.46. The Morgan fingerprint density at radius 2 is 2.00 bits per heavy atom. The molecule has 1 heterocycles. The zero-order chi connectivity index (χ0) is 21.9. The molecule has 2 aliphatic rings. The summed E-state index contributed by atoms with van der Waals surface area (Å²) in [7, 11) is 0. The first-order valence-corrected chi connectivity index (χ1v) is 11.8. The Balaban J connectivity index is 1.54. The molecule has 2 fully saturated rings. The van der Waals surface area contributed by atoms with Crippen molar-refractivity contribution in [3.05, 3.63) is 29.3 Å². The van der Waals surface area contributed by atoms with Crippen LogP contribution in [0.25, 0.3) is 0 Å². The SMILES string of the molecule is CCNC(=NCc1ccc(C)cc1OCC1CCCO1)NCC(=O)NC1CCCCC1. The quantitative estimate of drug-likeness (QED) is 0.414. The van der Waals surface area contributed by atoms with Crippen LogP contribution in [-0.2, 0) is 16.1 Å². The minimum atomic E-state index is 0.0217. The summed E-state index contributed by atoms with van der Waals surface area (Å²) in [6.45, 7) is 6.89. The molecule has 1 atom stereocenters. The number of ether oxygens (including phenoxy) is 2. The van der Waals surface area contributed by atoms with E-state index in [1.54, 1.807) is 0 Å². The second-order valence-electron chi connectivity index (χ2n) is 8.51. The molecule has 172 valence electrons. The molecule has 1 aromatic rings. The molecule has 7 nitrogen and oxygen atoms in total. The lowest BCUT2D eigenvalue weighted by Gasteiger charge is -2.23. The average molecular weight is 431 g/mol. The van der Waals surface area contributed by atoms with Gasteiger partial charge in [0, 0.05) is 24.8 Å². The molecule has 1 unspecified atom stereocenters. The molecule has 0 aromatic heterocycles. The standard InChI is InChI=1S/C24H38N4O3/c1-3-25-24(27-16-23(29)28-20-8-5-4-6-9-20)26-15-19-12-11-18(2)14-22(19)31-17-21-10-7-13-30-21/h11-12,14,20-21H,3-10,13,15-17H2,1-2H3,(H,28,29)(H2,25,26,27). The second kappa shape index (κ2) is 12.5. The van der Waals surface area contributed by atoms with Gasteiger partial charge in [-0.1, -0.05) is 31.4 Å². The summed E-state index contributed by atoms with van der Waals surface area (Å²) in [6.07, 6.45) is 8.19. The first kappa shape index (κ1) is 23.4. The summed E-state index contributed by atoms with van der Waals surface area (Å²) in [6, 6.07) is 6.50. The van der Waals surface area contributed by atoms with E-state index in [0.29, 0.717) is 25.2 Å². The molecule has 1 amide bonds. The maximum absolute atomic E-state index is 12.3. The van der Waals surface area contributed by atoms with Gasteiger partial charge in [-0.25, -0.2) is 4.99 Å². The number of aryl methyl sites for hydroxylation is 1. The van der Waals surface area contributed by atoms with Crippen LogP contribution in [0.5, 0.6) is 5.75 Å². The Labute approximate surface area is 186 Å². The first-order chi connectivity index (χ1) is 15.1. The summed E-state index contributed by atoms with van der Waals surface area (Å²) in [5.74, 6) is 1.51. The molecule has 0 radical (unpaired) electrons. The van der Waals surface area contributed by atoms with Gasteiger partial charge in [-0.3, -0.25) is 4.79 Å². The number of carbonyl (C=O) groups excluding carboxylic acids is 1. The highest BCUT2D eigenvalue weighted by Crippen LogP contribution is 2.23. The maximum Gasteiger partial charge on any atom is 0.239 e. The average Bonchev–Trinajstić information content (AvgIpc) is 3.29. The van der Waals surface area contributed by atoms with Crippen molar-refractivity contribution in [2.75, 3.05) is 26.3 Å². The first-order valence-electron chi connectivity index (χ1n) is 11.8. The number of benzene rings is 1.